The van der Waals surface area contributed by atoms with Crippen molar-refractivity contribution < 1.29 is 26.3 Å². The molecule has 0 fully saturated rings. The average Bonchev–Trinajstić information content (AvgIpc) is 3.38. The molecule has 0 bridgehead atoms. The maximum Gasteiger partial charge on any atom is 0.416 e. The Balaban J connectivity index is 1.26. The van der Waals surface area contributed by atoms with Gasteiger partial charge in [0.1, 0.15) is 4.83 Å². The van der Waals surface area contributed by atoms with Crippen LogP contribution in [0.3, 0.4) is 0 Å². The van der Waals surface area contributed by atoms with E-state index in [-0.39, 0.29) is 17.2 Å². The molecule has 0 spiro atoms. The number of hydrogen-bond acceptors (Lipinski definition) is 2. The van der Waals surface area contributed by atoms with Gasteiger partial charge in [0.15, 0.2) is 0 Å². The van der Waals surface area contributed by atoms with Gasteiger partial charge in [-0.1, -0.05) is 66.7 Å². The minimum atomic E-state index is -4.91. The molecule has 0 unspecified atom stereocenters. The first-order valence-corrected chi connectivity index (χ1v) is 14.1. The molecule has 0 saturated carbocycles. The maximum atomic E-state index is 13.4. The fourth-order valence-electron chi connectivity index (χ4n) is 5.43. The number of halogens is 6. The lowest BCUT2D eigenvalue weighted by atomic mass is 9.95. The highest BCUT2D eigenvalue weighted by Gasteiger charge is 2.37. The van der Waals surface area contributed by atoms with Crippen LogP contribution in [0, 0.1) is 0 Å². The van der Waals surface area contributed by atoms with Crippen molar-refractivity contribution in [3.63, 3.8) is 0 Å². The summed E-state index contributed by atoms with van der Waals surface area (Å²) in [6.07, 6.45) is -8.03. The maximum absolute atomic E-state index is 13.4. The molecule has 0 radical (unpaired) electrons. The average molecular weight is 600 g/mol. The second kappa shape index (κ2) is 9.95. The number of hydrogen-bond donors (Lipinski definition) is 0. The summed E-state index contributed by atoms with van der Waals surface area (Å²) in [5.41, 5.74) is 1.40. The molecule has 8 heteroatoms. The van der Waals surface area contributed by atoms with Gasteiger partial charge in [-0.25, -0.2) is 4.98 Å². The molecule has 43 heavy (non-hydrogen) atoms. The third-order valence-electron chi connectivity index (χ3n) is 7.57. The highest BCUT2D eigenvalue weighted by Crippen LogP contribution is 2.41. The first-order valence-electron chi connectivity index (χ1n) is 13.3. The summed E-state index contributed by atoms with van der Waals surface area (Å²) >= 11 is 1.65. The number of benzene rings is 5. The molecular weight excluding hydrogens is 580 g/mol. The van der Waals surface area contributed by atoms with Crippen molar-refractivity contribution in [1.29, 1.82) is 0 Å². The van der Waals surface area contributed by atoms with Crippen molar-refractivity contribution in [2.24, 2.45) is 0 Å². The summed E-state index contributed by atoms with van der Waals surface area (Å²) in [6, 6.07) is 30.6. The lowest BCUT2D eigenvalue weighted by Crippen LogP contribution is -2.11. The molecule has 0 aliphatic heterocycles. The number of nitrogens with zero attached hydrogens (tertiary/aromatic N) is 1. The smallest absolute Gasteiger partial charge is 0.245 e. The van der Waals surface area contributed by atoms with Crippen LogP contribution in [0.1, 0.15) is 11.1 Å². The monoisotopic (exact) mass is 599 g/mol. The van der Waals surface area contributed by atoms with Crippen molar-refractivity contribution in [3.05, 3.63) is 127 Å². The first-order chi connectivity index (χ1) is 20.5. The van der Waals surface area contributed by atoms with Crippen LogP contribution in [-0.4, -0.2) is 4.98 Å². The fourth-order valence-corrected chi connectivity index (χ4v) is 6.61. The van der Waals surface area contributed by atoms with Gasteiger partial charge < -0.3 is 0 Å². The molecule has 2 aromatic heterocycles. The van der Waals surface area contributed by atoms with Crippen molar-refractivity contribution >= 4 is 42.4 Å². The minimum Gasteiger partial charge on any atom is -0.245 e. The number of fused-ring (bicyclic) bond motifs is 4. The van der Waals surface area contributed by atoms with Gasteiger partial charge in [0.25, 0.3) is 0 Å². The molecule has 0 aliphatic carbocycles. The van der Waals surface area contributed by atoms with Gasteiger partial charge in [-0.15, -0.1) is 11.3 Å². The van der Waals surface area contributed by atoms with Gasteiger partial charge in [-0.3, -0.25) is 0 Å². The SMILES string of the molecule is FC(F)(F)c1cc(-c2ccc3ccc(-c4ccc(-c5cccc6c5sc5ncccc56)cc4)cc3c2)cc(C(F)(F)F)c1. The van der Waals surface area contributed by atoms with Crippen LogP contribution in [0.4, 0.5) is 26.3 Å². The largest absolute Gasteiger partial charge is 0.416 e. The molecule has 0 saturated heterocycles. The Morgan fingerprint density at radius 2 is 1.07 bits per heavy atom. The molecule has 212 valence electrons. The van der Waals surface area contributed by atoms with Crippen LogP contribution in [-0.2, 0) is 12.4 Å². The van der Waals surface area contributed by atoms with E-state index in [2.05, 4.69) is 23.2 Å². The number of alkyl halides is 6. The molecule has 7 rings (SSSR count). The van der Waals surface area contributed by atoms with E-state index in [1.54, 1.807) is 29.7 Å². The molecule has 0 amide bonds. The Hall–Kier alpha value is -4.69. The number of rotatable bonds is 3. The van der Waals surface area contributed by atoms with E-state index >= 15 is 0 Å². The van der Waals surface area contributed by atoms with E-state index in [1.165, 1.54) is 6.07 Å². The summed E-state index contributed by atoms with van der Waals surface area (Å²) in [6.45, 7) is 0. The quantitative estimate of drug-likeness (QED) is 0.184. The zero-order valence-corrected chi connectivity index (χ0v) is 22.9. The predicted octanol–water partition coefficient (Wildman–Crippen LogP) is 11.6. The van der Waals surface area contributed by atoms with E-state index in [1.807, 2.05) is 54.6 Å². The molecule has 5 aromatic carbocycles. The Bertz CT molecular complexity index is 2130. The van der Waals surface area contributed by atoms with E-state index in [0.717, 1.165) is 60.1 Å². The lowest BCUT2D eigenvalue weighted by molar-refractivity contribution is -0.143. The van der Waals surface area contributed by atoms with Gasteiger partial charge >= 0.3 is 12.4 Å². The van der Waals surface area contributed by atoms with Crippen molar-refractivity contribution in [1.82, 2.24) is 4.98 Å². The second-order valence-electron chi connectivity index (χ2n) is 10.3. The molecule has 0 atom stereocenters. The third kappa shape index (κ3) is 5.02. The third-order valence-corrected chi connectivity index (χ3v) is 8.73. The standard InChI is InChI=1S/C35H19F6NS/c36-34(37,38)27-17-26(18-28(19-27)35(39,40)41)24-13-9-21-8-12-23(15-25(21)16-24)20-6-10-22(11-7-20)29-3-1-4-30-31-5-2-14-42-33(31)43-32(29)30/h1-19H. The van der Waals surface area contributed by atoms with Crippen LogP contribution in [0.2, 0.25) is 0 Å². The predicted molar refractivity (Wildman–Crippen MR) is 161 cm³/mol. The van der Waals surface area contributed by atoms with Crippen LogP contribution < -0.4 is 0 Å². The van der Waals surface area contributed by atoms with Crippen LogP contribution >= 0.6 is 11.3 Å². The summed E-state index contributed by atoms with van der Waals surface area (Å²) < 4.78 is 81.8. The zero-order valence-electron chi connectivity index (χ0n) is 22.1. The lowest BCUT2D eigenvalue weighted by Gasteiger charge is -2.15. The second-order valence-corrected chi connectivity index (χ2v) is 11.3. The Morgan fingerprint density at radius 1 is 0.488 bits per heavy atom. The van der Waals surface area contributed by atoms with Gasteiger partial charge in [-0.2, -0.15) is 26.3 Å². The Kier molecular flexibility index (Phi) is 6.29. The summed E-state index contributed by atoms with van der Waals surface area (Å²) in [4.78, 5) is 5.49. The van der Waals surface area contributed by atoms with Gasteiger partial charge in [0.2, 0.25) is 0 Å². The number of aromatic nitrogens is 1. The van der Waals surface area contributed by atoms with Gasteiger partial charge in [0.05, 0.1) is 11.1 Å². The molecule has 1 nitrogen and oxygen atoms in total. The topological polar surface area (TPSA) is 12.9 Å². The molecule has 0 aliphatic rings. The van der Waals surface area contributed by atoms with Crippen molar-refractivity contribution in [3.8, 4) is 33.4 Å². The van der Waals surface area contributed by atoms with Crippen LogP contribution in [0.25, 0.3) is 64.5 Å². The number of pyridine rings is 1. The Labute approximate surface area is 245 Å². The normalized spacial score (nSPS) is 12.4. The van der Waals surface area contributed by atoms with E-state index in [9.17, 15) is 26.3 Å². The molecule has 0 N–H and O–H groups in total. The van der Waals surface area contributed by atoms with Crippen LogP contribution in [0.15, 0.2) is 115 Å². The summed E-state index contributed by atoms with van der Waals surface area (Å²) in [5, 5.41) is 3.80. The van der Waals surface area contributed by atoms with Crippen LogP contribution in [0.5, 0.6) is 0 Å². The van der Waals surface area contributed by atoms with Crippen molar-refractivity contribution in [2.75, 3.05) is 0 Å². The highest BCUT2D eigenvalue weighted by molar-refractivity contribution is 7.26. The van der Waals surface area contributed by atoms with Gasteiger partial charge in [0, 0.05) is 21.7 Å². The minimum absolute atomic E-state index is 0.143. The molecule has 7 aromatic rings. The summed E-state index contributed by atoms with van der Waals surface area (Å²) in [5.74, 6) is 0. The van der Waals surface area contributed by atoms with Crippen molar-refractivity contribution in [2.45, 2.75) is 12.4 Å². The van der Waals surface area contributed by atoms with E-state index in [0.29, 0.717) is 5.39 Å². The zero-order chi connectivity index (χ0) is 29.9. The molecular formula is C35H19F6NS. The Morgan fingerprint density at radius 3 is 1.72 bits per heavy atom. The van der Waals surface area contributed by atoms with E-state index in [4.69, 9.17) is 0 Å². The number of thiophene rings is 1. The van der Waals surface area contributed by atoms with Gasteiger partial charge in [-0.05, 0) is 86.6 Å². The highest BCUT2D eigenvalue weighted by atomic mass is 32.1. The fraction of sp³-hybridized carbons (Fsp3) is 0.0571. The molecule has 2 heterocycles. The first kappa shape index (κ1) is 27.2. The summed E-state index contributed by atoms with van der Waals surface area (Å²) in [7, 11) is 0. The van der Waals surface area contributed by atoms with E-state index < -0.39 is 23.5 Å².